The van der Waals surface area contributed by atoms with Gasteiger partial charge in [0.2, 0.25) is 17.7 Å². The molecule has 0 radical (unpaired) electrons. The Morgan fingerprint density at radius 3 is 1.88 bits per heavy atom. The fraction of sp³-hybridized carbons (Fsp3) is 0.393. The van der Waals surface area contributed by atoms with Gasteiger partial charge in [-0.1, -0.05) is 42.5 Å². The van der Waals surface area contributed by atoms with Gasteiger partial charge in [-0.15, -0.1) is 0 Å². The highest BCUT2D eigenvalue weighted by Gasteiger charge is 2.30. The smallest absolute Gasteiger partial charge is 0.326 e. The Morgan fingerprint density at radius 2 is 1.29 bits per heavy atom. The maximum Gasteiger partial charge on any atom is 0.326 e. The van der Waals surface area contributed by atoms with E-state index in [-0.39, 0.29) is 37.9 Å². The zero-order chi connectivity index (χ0) is 30.4. The van der Waals surface area contributed by atoms with Crippen LogP contribution in [0.4, 0.5) is 0 Å². The minimum atomic E-state index is -1.30. The zero-order valence-corrected chi connectivity index (χ0v) is 23.4. The van der Waals surface area contributed by atoms with Gasteiger partial charge in [0.1, 0.15) is 23.9 Å². The first-order valence-electron chi connectivity index (χ1n) is 12.9. The van der Waals surface area contributed by atoms with E-state index in [1.54, 1.807) is 42.5 Å². The highest BCUT2D eigenvalue weighted by Crippen LogP contribution is 2.12. The standard InChI is InChI=1S/C28H36N4O8S/c1-41-14-13-21(26(37)32-23(28(39)40)16-18-7-9-19(33)10-8-18)30-27(38)22(15-17-5-3-2-4-6-17)31-25(36)20(29)11-12-24(34)35/h2-10,20-23,33H,11-16,29H2,1H3,(H,30,38)(H,31,36)(H,32,37)(H,34,35)(H,39,40). The average Bonchev–Trinajstić information content (AvgIpc) is 2.94. The molecule has 4 atom stereocenters. The summed E-state index contributed by atoms with van der Waals surface area (Å²) < 4.78 is 0. The van der Waals surface area contributed by atoms with E-state index >= 15 is 0 Å². The van der Waals surface area contributed by atoms with E-state index in [4.69, 9.17) is 10.8 Å². The summed E-state index contributed by atoms with van der Waals surface area (Å²) in [6.45, 7) is 0. The lowest BCUT2D eigenvalue weighted by Gasteiger charge is -2.25. The molecule has 2 rings (SSSR count). The van der Waals surface area contributed by atoms with Crippen molar-refractivity contribution in [3.63, 3.8) is 0 Å². The molecule has 0 saturated heterocycles. The van der Waals surface area contributed by atoms with Crippen LogP contribution in [0.15, 0.2) is 54.6 Å². The van der Waals surface area contributed by atoms with Crippen LogP contribution in [-0.4, -0.2) is 81.2 Å². The molecular weight excluding hydrogens is 552 g/mol. The van der Waals surface area contributed by atoms with Crippen LogP contribution in [0.1, 0.15) is 30.4 Å². The van der Waals surface area contributed by atoms with Gasteiger partial charge in [0.25, 0.3) is 0 Å². The normalized spacial score (nSPS) is 13.7. The van der Waals surface area contributed by atoms with Gasteiger partial charge in [-0.2, -0.15) is 11.8 Å². The number of phenolic OH excluding ortho intramolecular Hbond substituents is 1. The quantitative estimate of drug-likeness (QED) is 0.137. The Labute approximate surface area is 242 Å². The van der Waals surface area contributed by atoms with E-state index in [9.17, 15) is 34.2 Å². The Morgan fingerprint density at radius 1 is 0.756 bits per heavy atom. The van der Waals surface area contributed by atoms with E-state index in [2.05, 4.69) is 16.0 Å². The van der Waals surface area contributed by atoms with Crippen molar-refractivity contribution in [1.29, 1.82) is 0 Å². The summed E-state index contributed by atoms with van der Waals surface area (Å²) in [6.07, 6.45) is 1.57. The van der Waals surface area contributed by atoms with Crippen LogP contribution in [0.2, 0.25) is 0 Å². The van der Waals surface area contributed by atoms with Crippen molar-refractivity contribution < 1.29 is 39.3 Å². The number of aliphatic carboxylic acids is 2. The maximum absolute atomic E-state index is 13.4. The molecule has 0 fully saturated rings. The largest absolute Gasteiger partial charge is 0.508 e. The summed E-state index contributed by atoms with van der Waals surface area (Å²) in [5.74, 6) is -3.99. The number of carboxylic acid groups (broad SMARTS) is 2. The first kappa shape index (κ1) is 33.1. The summed E-state index contributed by atoms with van der Waals surface area (Å²) in [5.41, 5.74) is 7.13. The van der Waals surface area contributed by atoms with Crippen LogP contribution in [0.5, 0.6) is 5.75 Å². The lowest BCUT2D eigenvalue weighted by molar-refractivity contribution is -0.142. The lowest BCUT2D eigenvalue weighted by Crippen LogP contribution is -2.58. The molecule has 0 aliphatic rings. The molecule has 3 amide bonds. The van der Waals surface area contributed by atoms with Gasteiger partial charge in [-0.25, -0.2) is 4.79 Å². The van der Waals surface area contributed by atoms with E-state index in [1.165, 1.54) is 23.9 Å². The number of phenols is 1. The van der Waals surface area contributed by atoms with Gasteiger partial charge in [-0.3, -0.25) is 19.2 Å². The molecule has 12 nitrogen and oxygen atoms in total. The predicted octanol–water partition coefficient (Wildman–Crippen LogP) is 0.662. The summed E-state index contributed by atoms with van der Waals surface area (Å²) in [5, 5.41) is 35.8. The topological polar surface area (TPSA) is 208 Å². The van der Waals surface area contributed by atoms with Gasteiger partial charge < -0.3 is 37.0 Å². The summed E-state index contributed by atoms with van der Waals surface area (Å²) in [6, 6.07) is 10.0. The number of benzene rings is 2. The molecule has 0 aromatic heterocycles. The molecule has 4 unspecified atom stereocenters. The van der Waals surface area contributed by atoms with Crippen molar-refractivity contribution in [2.24, 2.45) is 5.73 Å². The van der Waals surface area contributed by atoms with Crippen molar-refractivity contribution in [3.05, 3.63) is 65.7 Å². The zero-order valence-electron chi connectivity index (χ0n) is 22.6. The Kier molecular flexibility index (Phi) is 13.6. The number of amides is 3. The van der Waals surface area contributed by atoms with Crippen molar-refractivity contribution in [2.45, 2.75) is 56.3 Å². The molecule has 0 aliphatic carbocycles. The Hall–Kier alpha value is -4.10. The Balaban J connectivity index is 2.19. The number of nitrogens with one attached hydrogen (secondary N) is 3. The van der Waals surface area contributed by atoms with Gasteiger partial charge >= 0.3 is 11.9 Å². The minimum absolute atomic E-state index is 0.0180. The van der Waals surface area contributed by atoms with Crippen molar-refractivity contribution >= 4 is 41.4 Å². The van der Waals surface area contributed by atoms with Gasteiger partial charge in [0, 0.05) is 19.3 Å². The van der Waals surface area contributed by atoms with Crippen LogP contribution in [-0.2, 0) is 36.8 Å². The second-order valence-electron chi connectivity index (χ2n) is 9.40. The molecular formula is C28H36N4O8S. The number of rotatable bonds is 17. The van der Waals surface area contributed by atoms with E-state index < -0.39 is 53.8 Å². The highest BCUT2D eigenvalue weighted by atomic mass is 32.2. The number of carbonyl (C=O) groups excluding carboxylic acids is 3. The van der Waals surface area contributed by atoms with Gasteiger partial charge in [0.05, 0.1) is 6.04 Å². The van der Waals surface area contributed by atoms with E-state index in [0.29, 0.717) is 11.3 Å². The van der Waals surface area contributed by atoms with Crippen molar-refractivity contribution in [2.75, 3.05) is 12.0 Å². The average molecular weight is 589 g/mol. The summed E-state index contributed by atoms with van der Waals surface area (Å²) in [7, 11) is 0. The Bertz CT molecular complexity index is 1180. The molecule has 0 saturated carbocycles. The number of carboxylic acids is 2. The maximum atomic E-state index is 13.4. The summed E-state index contributed by atoms with van der Waals surface area (Å²) >= 11 is 1.43. The molecule has 41 heavy (non-hydrogen) atoms. The molecule has 13 heteroatoms. The molecule has 8 N–H and O–H groups in total. The number of hydrogen-bond donors (Lipinski definition) is 7. The third kappa shape index (κ3) is 11.9. The molecule has 0 heterocycles. The minimum Gasteiger partial charge on any atom is -0.508 e. The highest BCUT2D eigenvalue weighted by molar-refractivity contribution is 7.98. The molecule has 0 bridgehead atoms. The number of thioether (sulfide) groups is 1. The fourth-order valence-electron chi connectivity index (χ4n) is 3.86. The lowest BCUT2D eigenvalue weighted by atomic mass is 10.0. The van der Waals surface area contributed by atoms with E-state index in [0.717, 1.165) is 5.56 Å². The molecule has 0 spiro atoms. The predicted molar refractivity (Wildman–Crippen MR) is 153 cm³/mol. The van der Waals surface area contributed by atoms with Crippen molar-refractivity contribution in [1.82, 2.24) is 16.0 Å². The SMILES string of the molecule is CSCCC(NC(=O)C(Cc1ccccc1)NC(=O)C(N)CCC(=O)O)C(=O)NC(Cc1ccc(O)cc1)C(=O)O. The number of nitrogens with two attached hydrogens (primary N) is 1. The van der Waals surface area contributed by atoms with Crippen LogP contribution < -0.4 is 21.7 Å². The third-order valence-corrected chi connectivity index (χ3v) is 6.80. The van der Waals surface area contributed by atoms with Crippen LogP contribution in [0.3, 0.4) is 0 Å². The van der Waals surface area contributed by atoms with E-state index in [1.807, 2.05) is 6.26 Å². The second-order valence-corrected chi connectivity index (χ2v) is 10.4. The molecule has 0 aliphatic heterocycles. The van der Waals surface area contributed by atoms with Crippen LogP contribution in [0, 0.1) is 0 Å². The number of hydrogen-bond acceptors (Lipinski definition) is 8. The van der Waals surface area contributed by atoms with Gasteiger partial charge in [-0.05, 0) is 48.1 Å². The first-order chi connectivity index (χ1) is 19.5. The number of aromatic hydroxyl groups is 1. The molecule has 222 valence electrons. The van der Waals surface area contributed by atoms with Crippen LogP contribution >= 0.6 is 11.8 Å². The third-order valence-electron chi connectivity index (χ3n) is 6.16. The summed E-state index contributed by atoms with van der Waals surface area (Å²) in [4.78, 5) is 62.1. The van der Waals surface area contributed by atoms with Crippen molar-refractivity contribution in [3.8, 4) is 5.75 Å². The fourth-order valence-corrected chi connectivity index (χ4v) is 4.34. The number of carbonyl (C=O) groups is 5. The molecule has 2 aromatic carbocycles. The monoisotopic (exact) mass is 588 g/mol. The molecule has 2 aromatic rings. The van der Waals surface area contributed by atoms with Crippen LogP contribution in [0.25, 0.3) is 0 Å². The second kappa shape index (κ2) is 16.9. The van der Waals surface area contributed by atoms with Gasteiger partial charge in [0.15, 0.2) is 0 Å². The first-order valence-corrected chi connectivity index (χ1v) is 14.3.